The molecule has 1 aromatic carbocycles. The van der Waals surface area contributed by atoms with Gasteiger partial charge in [0.05, 0.1) is 17.3 Å². The number of cyclic esters (lactones) is 1. The molecule has 0 aromatic heterocycles. The standard InChI is InChI=1S/C12H12Cl2N2O3/c13-8-1-2-9(14)10(7-8)15-11(17)3-4-16-5-6-19-12(16)18/h1-2,7H,3-6H2,(H,15,17). The number of nitrogens with zero attached hydrogens (tertiary/aromatic N) is 1. The fourth-order valence-corrected chi connectivity index (χ4v) is 2.01. The van der Waals surface area contributed by atoms with Crippen LogP contribution in [0.2, 0.25) is 10.0 Å². The summed E-state index contributed by atoms with van der Waals surface area (Å²) in [6, 6.07) is 4.82. The van der Waals surface area contributed by atoms with E-state index in [1.807, 2.05) is 0 Å². The lowest BCUT2D eigenvalue weighted by Crippen LogP contribution is -2.28. The lowest BCUT2D eigenvalue weighted by atomic mass is 10.3. The van der Waals surface area contributed by atoms with Crippen LogP contribution in [-0.2, 0) is 9.53 Å². The molecule has 1 aromatic rings. The molecule has 1 saturated heterocycles. The van der Waals surface area contributed by atoms with E-state index in [4.69, 9.17) is 27.9 Å². The summed E-state index contributed by atoms with van der Waals surface area (Å²) in [5.41, 5.74) is 0.461. The van der Waals surface area contributed by atoms with E-state index in [9.17, 15) is 9.59 Å². The summed E-state index contributed by atoms with van der Waals surface area (Å²) < 4.78 is 4.77. The highest BCUT2D eigenvalue weighted by molar-refractivity contribution is 6.35. The van der Waals surface area contributed by atoms with Crippen molar-refractivity contribution in [1.82, 2.24) is 4.90 Å². The summed E-state index contributed by atoms with van der Waals surface area (Å²) >= 11 is 11.8. The van der Waals surface area contributed by atoms with Gasteiger partial charge in [0.1, 0.15) is 6.61 Å². The van der Waals surface area contributed by atoms with E-state index >= 15 is 0 Å². The number of rotatable bonds is 4. The molecule has 7 heteroatoms. The van der Waals surface area contributed by atoms with Gasteiger partial charge in [-0.05, 0) is 18.2 Å². The van der Waals surface area contributed by atoms with E-state index in [0.29, 0.717) is 35.4 Å². The van der Waals surface area contributed by atoms with Crippen molar-refractivity contribution in [3.05, 3.63) is 28.2 Å². The molecule has 1 fully saturated rings. The largest absolute Gasteiger partial charge is 0.448 e. The Labute approximate surface area is 120 Å². The molecular formula is C12H12Cl2N2O3. The molecule has 5 nitrogen and oxygen atoms in total. The van der Waals surface area contributed by atoms with E-state index in [0.717, 1.165) is 0 Å². The van der Waals surface area contributed by atoms with Crippen LogP contribution in [0.1, 0.15) is 6.42 Å². The van der Waals surface area contributed by atoms with Gasteiger partial charge in [0.25, 0.3) is 0 Å². The molecule has 102 valence electrons. The summed E-state index contributed by atoms with van der Waals surface area (Å²) in [7, 11) is 0. The summed E-state index contributed by atoms with van der Waals surface area (Å²) in [4.78, 5) is 24.4. The second-order valence-corrected chi connectivity index (χ2v) is 4.87. The highest BCUT2D eigenvalue weighted by Gasteiger charge is 2.22. The van der Waals surface area contributed by atoms with Crippen molar-refractivity contribution in [3.63, 3.8) is 0 Å². The van der Waals surface area contributed by atoms with Gasteiger partial charge in [-0.15, -0.1) is 0 Å². The fourth-order valence-electron chi connectivity index (χ4n) is 1.67. The topological polar surface area (TPSA) is 58.6 Å². The molecule has 0 spiro atoms. The predicted octanol–water partition coefficient (Wildman–Crippen LogP) is 2.77. The minimum atomic E-state index is -0.381. The number of anilines is 1. The van der Waals surface area contributed by atoms with Gasteiger partial charge in [-0.2, -0.15) is 0 Å². The number of amides is 2. The molecular weight excluding hydrogens is 291 g/mol. The van der Waals surface area contributed by atoms with Crippen LogP contribution in [-0.4, -0.2) is 36.6 Å². The van der Waals surface area contributed by atoms with E-state index < -0.39 is 0 Å². The van der Waals surface area contributed by atoms with Gasteiger partial charge in [-0.3, -0.25) is 4.79 Å². The van der Waals surface area contributed by atoms with Gasteiger partial charge in [0.2, 0.25) is 5.91 Å². The molecule has 19 heavy (non-hydrogen) atoms. The number of halogens is 2. The Morgan fingerprint density at radius 2 is 2.21 bits per heavy atom. The minimum absolute atomic E-state index is 0.179. The Morgan fingerprint density at radius 3 is 2.89 bits per heavy atom. The van der Waals surface area contributed by atoms with Crippen LogP contribution in [0.4, 0.5) is 10.5 Å². The van der Waals surface area contributed by atoms with Crippen molar-refractivity contribution >= 4 is 40.9 Å². The molecule has 0 atom stereocenters. The third-order valence-electron chi connectivity index (χ3n) is 2.66. The lowest BCUT2D eigenvalue weighted by molar-refractivity contribution is -0.116. The highest BCUT2D eigenvalue weighted by atomic mass is 35.5. The zero-order valence-electron chi connectivity index (χ0n) is 9.99. The number of hydrogen-bond acceptors (Lipinski definition) is 3. The summed E-state index contributed by atoms with van der Waals surface area (Å²) in [6.45, 7) is 1.22. The molecule has 1 aliphatic rings. The van der Waals surface area contributed by atoms with Gasteiger partial charge in [-0.1, -0.05) is 23.2 Å². The summed E-state index contributed by atoms with van der Waals surface area (Å²) in [5, 5.41) is 3.56. The van der Waals surface area contributed by atoms with Gasteiger partial charge < -0.3 is 15.0 Å². The average Bonchev–Trinajstić information content (AvgIpc) is 2.77. The van der Waals surface area contributed by atoms with E-state index in [-0.39, 0.29) is 18.4 Å². The second kappa shape index (κ2) is 6.12. The van der Waals surface area contributed by atoms with E-state index in [1.165, 1.54) is 4.90 Å². The average molecular weight is 303 g/mol. The third-order valence-corrected chi connectivity index (χ3v) is 3.22. The quantitative estimate of drug-likeness (QED) is 0.930. The van der Waals surface area contributed by atoms with Crippen molar-refractivity contribution < 1.29 is 14.3 Å². The van der Waals surface area contributed by atoms with E-state index in [1.54, 1.807) is 18.2 Å². The molecule has 0 radical (unpaired) electrons. The monoisotopic (exact) mass is 302 g/mol. The van der Waals surface area contributed by atoms with Gasteiger partial charge in [0.15, 0.2) is 0 Å². The number of nitrogens with one attached hydrogen (secondary N) is 1. The van der Waals surface area contributed by atoms with Crippen molar-refractivity contribution in [2.75, 3.05) is 25.0 Å². The zero-order chi connectivity index (χ0) is 13.8. The summed E-state index contributed by atoms with van der Waals surface area (Å²) in [6.07, 6.45) is -0.202. The first-order valence-corrected chi connectivity index (χ1v) is 6.48. The molecule has 1 heterocycles. The first kappa shape index (κ1) is 14.0. The smallest absolute Gasteiger partial charge is 0.409 e. The van der Waals surface area contributed by atoms with Crippen molar-refractivity contribution in [2.24, 2.45) is 0 Å². The van der Waals surface area contributed by atoms with Crippen molar-refractivity contribution in [2.45, 2.75) is 6.42 Å². The molecule has 0 unspecified atom stereocenters. The van der Waals surface area contributed by atoms with Crippen molar-refractivity contribution in [3.8, 4) is 0 Å². The number of ether oxygens (including phenoxy) is 1. The first-order valence-electron chi connectivity index (χ1n) is 5.73. The fraction of sp³-hybridized carbons (Fsp3) is 0.333. The number of carbonyl (C=O) groups is 2. The molecule has 0 bridgehead atoms. The maximum Gasteiger partial charge on any atom is 0.409 e. The van der Waals surface area contributed by atoms with Crippen LogP contribution in [0.3, 0.4) is 0 Å². The van der Waals surface area contributed by atoms with Crippen LogP contribution in [0.15, 0.2) is 18.2 Å². The minimum Gasteiger partial charge on any atom is -0.448 e. The molecule has 0 saturated carbocycles. The van der Waals surface area contributed by atoms with Gasteiger partial charge >= 0.3 is 6.09 Å². The maximum absolute atomic E-state index is 11.7. The Balaban J connectivity index is 1.87. The molecule has 1 aliphatic heterocycles. The SMILES string of the molecule is O=C(CCN1CCOC1=O)Nc1cc(Cl)ccc1Cl. The Hall–Kier alpha value is -1.46. The Morgan fingerprint density at radius 1 is 1.42 bits per heavy atom. The number of benzene rings is 1. The van der Waals surface area contributed by atoms with Crippen LogP contribution in [0, 0.1) is 0 Å². The Bertz CT molecular complexity index is 508. The Kier molecular flexibility index (Phi) is 4.50. The van der Waals surface area contributed by atoms with Gasteiger partial charge in [0, 0.05) is 18.0 Å². The molecule has 0 aliphatic carbocycles. The van der Waals surface area contributed by atoms with Crippen LogP contribution >= 0.6 is 23.2 Å². The first-order chi connectivity index (χ1) is 9.06. The third kappa shape index (κ3) is 3.75. The van der Waals surface area contributed by atoms with Gasteiger partial charge in [-0.25, -0.2) is 4.79 Å². The second-order valence-electron chi connectivity index (χ2n) is 4.02. The van der Waals surface area contributed by atoms with Crippen LogP contribution < -0.4 is 5.32 Å². The van der Waals surface area contributed by atoms with Crippen molar-refractivity contribution in [1.29, 1.82) is 0 Å². The van der Waals surface area contributed by atoms with Crippen LogP contribution in [0.5, 0.6) is 0 Å². The van der Waals surface area contributed by atoms with Crippen LogP contribution in [0.25, 0.3) is 0 Å². The predicted molar refractivity (Wildman–Crippen MR) is 72.6 cm³/mol. The maximum atomic E-state index is 11.7. The molecule has 2 rings (SSSR count). The zero-order valence-corrected chi connectivity index (χ0v) is 11.5. The molecule has 2 amide bonds. The molecule has 1 N–H and O–H groups in total. The van der Waals surface area contributed by atoms with E-state index in [2.05, 4.69) is 5.32 Å². The number of hydrogen-bond donors (Lipinski definition) is 1. The normalized spacial score (nSPS) is 14.4. The number of carbonyl (C=O) groups excluding carboxylic acids is 2. The highest BCUT2D eigenvalue weighted by Crippen LogP contribution is 2.25. The lowest BCUT2D eigenvalue weighted by Gasteiger charge is -2.12. The summed E-state index contributed by atoms with van der Waals surface area (Å²) in [5.74, 6) is -0.233.